The third kappa shape index (κ3) is 5.29. The van der Waals surface area contributed by atoms with E-state index in [-0.39, 0.29) is 23.6 Å². The van der Waals surface area contributed by atoms with E-state index in [9.17, 15) is 9.59 Å². The van der Waals surface area contributed by atoms with Crippen molar-refractivity contribution in [2.45, 2.75) is 46.1 Å². The van der Waals surface area contributed by atoms with Crippen molar-refractivity contribution >= 4 is 11.9 Å². The van der Waals surface area contributed by atoms with Crippen LogP contribution in [-0.4, -0.2) is 34.1 Å². The summed E-state index contributed by atoms with van der Waals surface area (Å²) in [6, 6.07) is 8.76. The molecule has 0 radical (unpaired) electrons. The fourth-order valence-corrected chi connectivity index (χ4v) is 3.00. The third-order valence-corrected chi connectivity index (χ3v) is 4.73. The number of methoxy groups -OCH3 is 1. The molecule has 3 aromatic rings. The molecule has 0 aliphatic rings. The number of nitrogens with one attached hydrogen (secondary N) is 1. The molecular formula is C23H26N4O5. The molecule has 0 fully saturated rings. The number of nitrogens with zero attached hydrogens (tertiary/aromatic N) is 3. The van der Waals surface area contributed by atoms with Crippen LogP contribution >= 0.6 is 0 Å². The van der Waals surface area contributed by atoms with E-state index in [0.29, 0.717) is 18.1 Å². The molecule has 0 saturated carbocycles. The van der Waals surface area contributed by atoms with Crippen LogP contribution in [0.2, 0.25) is 0 Å². The highest BCUT2D eigenvalue weighted by molar-refractivity contribution is 5.96. The number of amides is 1. The van der Waals surface area contributed by atoms with Crippen LogP contribution in [0.15, 0.2) is 41.1 Å². The minimum absolute atomic E-state index is 0.0247. The highest BCUT2D eigenvalue weighted by atomic mass is 16.6. The van der Waals surface area contributed by atoms with Crippen molar-refractivity contribution in [3.63, 3.8) is 0 Å². The number of carbonyl (C=O) groups is 2. The number of carbonyl (C=O) groups excluding carboxylic acids is 2. The first-order valence-corrected chi connectivity index (χ1v) is 10.4. The topological polar surface area (TPSA) is 116 Å². The van der Waals surface area contributed by atoms with E-state index in [1.165, 1.54) is 19.4 Å². The number of esters is 1. The van der Waals surface area contributed by atoms with Crippen LogP contribution in [0.5, 0.6) is 11.5 Å². The Morgan fingerprint density at radius 3 is 2.75 bits per heavy atom. The molecule has 9 heteroatoms. The molecule has 32 heavy (non-hydrogen) atoms. The van der Waals surface area contributed by atoms with Crippen LogP contribution in [-0.2, 0) is 11.2 Å². The minimum Gasteiger partial charge on any atom is -0.493 e. The van der Waals surface area contributed by atoms with Crippen LogP contribution in [0.3, 0.4) is 0 Å². The fraction of sp³-hybridized carbons (Fsp3) is 0.348. The summed E-state index contributed by atoms with van der Waals surface area (Å²) in [5, 5.41) is 6.76. The number of hydrogen-bond donors (Lipinski definition) is 1. The van der Waals surface area contributed by atoms with Gasteiger partial charge in [0, 0.05) is 24.2 Å². The van der Waals surface area contributed by atoms with Crippen molar-refractivity contribution in [1.82, 2.24) is 20.4 Å². The smallest absolute Gasteiger partial charge is 0.311 e. The quantitative estimate of drug-likeness (QED) is 0.500. The van der Waals surface area contributed by atoms with Crippen LogP contribution < -0.4 is 14.8 Å². The van der Waals surface area contributed by atoms with Crippen LogP contribution in [0.1, 0.15) is 61.5 Å². The van der Waals surface area contributed by atoms with Crippen molar-refractivity contribution in [3.8, 4) is 23.0 Å². The van der Waals surface area contributed by atoms with Gasteiger partial charge in [0.1, 0.15) is 0 Å². The summed E-state index contributed by atoms with van der Waals surface area (Å²) in [7, 11) is 1.42. The molecular weight excluding hydrogens is 412 g/mol. The molecule has 0 bridgehead atoms. The second-order valence-corrected chi connectivity index (χ2v) is 7.12. The fourth-order valence-electron chi connectivity index (χ4n) is 3.00. The number of rotatable bonds is 9. The van der Waals surface area contributed by atoms with Gasteiger partial charge in [-0.2, -0.15) is 4.98 Å². The molecule has 0 aliphatic carbocycles. The predicted molar refractivity (Wildman–Crippen MR) is 116 cm³/mol. The van der Waals surface area contributed by atoms with Crippen LogP contribution in [0, 0.1) is 0 Å². The van der Waals surface area contributed by atoms with E-state index < -0.39 is 17.9 Å². The lowest BCUT2D eigenvalue weighted by Crippen LogP contribution is -2.29. The second-order valence-electron chi connectivity index (χ2n) is 7.12. The summed E-state index contributed by atoms with van der Waals surface area (Å²) in [5.74, 6) is -0.149. The summed E-state index contributed by atoms with van der Waals surface area (Å²) >= 11 is 0. The Morgan fingerprint density at radius 2 is 2.03 bits per heavy atom. The number of pyridine rings is 1. The average Bonchev–Trinajstić information content (AvgIpc) is 3.30. The van der Waals surface area contributed by atoms with Gasteiger partial charge in [0.25, 0.3) is 11.8 Å². The highest BCUT2D eigenvalue weighted by Crippen LogP contribution is 2.30. The molecule has 1 N–H and O–H groups in total. The monoisotopic (exact) mass is 438 g/mol. The summed E-state index contributed by atoms with van der Waals surface area (Å²) in [5.41, 5.74) is 1.89. The molecule has 1 aromatic carbocycles. The lowest BCUT2D eigenvalue weighted by Gasteiger charge is -2.14. The normalized spacial score (nSPS) is 11.6. The molecule has 168 valence electrons. The van der Waals surface area contributed by atoms with E-state index in [2.05, 4.69) is 27.4 Å². The Morgan fingerprint density at radius 1 is 1.22 bits per heavy atom. The SMILES string of the molecule is CCCC(=O)Oc1c(OC)ccnc1C(=O)N[C@@H](C)c1noc(-c2cccc(CC)c2)n1. The zero-order chi connectivity index (χ0) is 23.1. The van der Waals surface area contributed by atoms with E-state index in [4.69, 9.17) is 14.0 Å². The molecule has 9 nitrogen and oxygen atoms in total. The van der Waals surface area contributed by atoms with Gasteiger partial charge in [-0.1, -0.05) is 31.1 Å². The van der Waals surface area contributed by atoms with Gasteiger partial charge in [0.2, 0.25) is 5.75 Å². The zero-order valence-electron chi connectivity index (χ0n) is 18.5. The molecule has 3 rings (SSSR count). The van der Waals surface area contributed by atoms with Gasteiger partial charge in [-0.25, -0.2) is 4.98 Å². The van der Waals surface area contributed by atoms with Crippen LogP contribution in [0.4, 0.5) is 0 Å². The maximum Gasteiger partial charge on any atom is 0.311 e. The minimum atomic E-state index is -0.582. The Balaban J connectivity index is 1.79. The van der Waals surface area contributed by atoms with E-state index >= 15 is 0 Å². The lowest BCUT2D eigenvalue weighted by atomic mass is 10.1. The van der Waals surface area contributed by atoms with Crippen molar-refractivity contribution < 1.29 is 23.6 Å². The number of ether oxygens (including phenoxy) is 2. The van der Waals surface area contributed by atoms with Crippen molar-refractivity contribution in [2.75, 3.05) is 7.11 Å². The Kier molecular flexibility index (Phi) is 7.54. The highest BCUT2D eigenvalue weighted by Gasteiger charge is 2.24. The number of aromatic nitrogens is 3. The number of aryl methyl sites for hydroxylation is 1. The molecule has 0 unspecified atom stereocenters. The van der Waals surface area contributed by atoms with Crippen molar-refractivity contribution in [3.05, 3.63) is 53.6 Å². The van der Waals surface area contributed by atoms with E-state index in [1.54, 1.807) is 6.92 Å². The van der Waals surface area contributed by atoms with E-state index in [0.717, 1.165) is 17.5 Å². The number of hydrogen-bond acceptors (Lipinski definition) is 8. The third-order valence-electron chi connectivity index (χ3n) is 4.73. The first-order chi connectivity index (χ1) is 15.5. The van der Waals surface area contributed by atoms with Gasteiger partial charge in [-0.3, -0.25) is 9.59 Å². The average molecular weight is 438 g/mol. The molecule has 1 atom stereocenters. The maximum absolute atomic E-state index is 12.9. The molecule has 2 heterocycles. The summed E-state index contributed by atoms with van der Waals surface area (Å²) in [4.78, 5) is 33.4. The van der Waals surface area contributed by atoms with Gasteiger partial charge in [-0.05, 0) is 37.5 Å². The van der Waals surface area contributed by atoms with Gasteiger partial charge in [-0.15, -0.1) is 0 Å². The van der Waals surface area contributed by atoms with Crippen molar-refractivity contribution in [2.24, 2.45) is 0 Å². The Bertz CT molecular complexity index is 1100. The maximum atomic E-state index is 12.9. The van der Waals surface area contributed by atoms with E-state index in [1.807, 2.05) is 31.2 Å². The molecule has 2 aromatic heterocycles. The number of benzene rings is 1. The van der Waals surface area contributed by atoms with Gasteiger partial charge in [0.15, 0.2) is 17.3 Å². The standard InChI is InChI=1S/C23H26N4O5/c1-5-8-18(28)31-20-17(30-4)11-12-24-19(20)22(29)25-14(3)21-26-23(32-27-21)16-10-7-9-15(6-2)13-16/h7,9-14H,5-6,8H2,1-4H3,(H,25,29)/t14-/m0/s1. The van der Waals surface area contributed by atoms with Gasteiger partial charge < -0.3 is 19.3 Å². The molecule has 0 spiro atoms. The first-order valence-electron chi connectivity index (χ1n) is 10.4. The summed E-state index contributed by atoms with van der Waals surface area (Å²) in [6.45, 7) is 5.64. The van der Waals surface area contributed by atoms with Crippen LogP contribution in [0.25, 0.3) is 11.5 Å². The summed E-state index contributed by atoms with van der Waals surface area (Å²) < 4.78 is 16.0. The Hall–Kier alpha value is -3.75. The second kappa shape index (κ2) is 10.5. The van der Waals surface area contributed by atoms with Crippen molar-refractivity contribution in [1.29, 1.82) is 0 Å². The van der Waals surface area contributed by atoms with Gasteiger partial charge >= 0.3 is 5.97 Å². The molecule has 0 saturated heterocycles. The molecule has 1 amide bonds. The Labute approximate surface area is 186 Å². The predicted octanol–water partition coefficient (Wildman–Crippen LogP) is 3.90. The largest absolute Gasteiger partial charge is 0.493 e. The zero-order valence-corrected chi connectivity index (χ0v) is 18.5. The summed E-state index contributed by atoms with van der Waals surface area (Å²) in [6.07, 6.45) is 3.12. The molecule has 0 aliphatic heterocycles. The first kappa shape index (κ1) is 22.9. The van der Waals surface area contributed by atoms with Gasteiger partial charge in [0.05, 0.1) is 13.2 Å². The lowest BCUT2D eigenvalue weighted by molar-refractivity contribution is -0.134.